The van der Waals surface area contributed by atoms with E-state index in [9.17, 15) is 9.59 Å². The molecule has 23 heavy (non-hydrogen) atoms. The van der Waals surface area contributed by atoms with Gasteiger partial charge in [-0.1, -0.05) is 6.07 Å². The molecule has 0 aromatic heterocycles. The number of likely N-dealkylation sites (tertiary alicyclic amines) is 1. The van der Waals surface area contributed by atoms with E-state index in [0.717, 1.165) is 30.7 Å². The SMILES string of the molecule is Cc1ccc(OCNC(=O)NCCCN2CCCC2=O)cc1C. The van der Waals surface area contributed by atoms with Gasteiger partial charge in [0.2, 0.25) is 5.91 Å². The Morgan fingerprint density at radius 1 is 1.26 bits per heavy atom. The van der Waals surface area contributed by atoms with Gasteiger partial charge in [0.15, 0.2) is 6.73 Å². The van der Waals surface area contributed by atoms with E-state index in [1.807, 2.05) is 36.9 Å². The highest BCUT2D eigenvalue weighted by molar-refractivity contribution is 5.78. The molecule has 1 aromatic carbocycles. The average molecular weight is 319 g/mol. The van der Waals surface area contributed by atoms with Gasteiger partial charge < -0.3 is 20.3 Å². The number of carbonyl (C=O) groups is 2. The number of benzene rings is 1. The van der Waals surface area contributed by atoms with Gasteiger partial charge in [-0.05, 0) is 49.9 Å². The van der Waals surface area contributed by atoms with Crippen molar-refractivity contribution >= 4 is 11.9 Å². The molecule has 0 spiro atoms. The fourth-order valence-electron chi connectivity index (χ4n) is 2.46. The summed E-state index contributed by atoms with van der Waals surface area (Å²) < 4.78 is 5.49. The van der Waals surface area contributed by atoms with Crippen molar-refractivity contribution in [2.45, 2.75) is 33.1 Å². The van der Waals surface area contributed by atoms with Crippen molar-refractivity contribution in [2.75, 3.05) is 26.4 Å². The first-order valence-electron chi connectivity index (χ1n) is 8.06. The van der Waals surface area contributed by atoms with Gasteiger partial charge >= 0.3 is 6.03 Å². The fraction of sp³-hybridized carbons (Fsp3) is 0.529. The number of nitrogens with one attached hydrogen (secondary N) is 2. The van der Waals surface area contributed by atoms with Gasteiger partial charge in [-0.3, -0.25) is 4.79 Å². The zero-order valence-electron chi connectivity index (χ0n) is 13.9. The highest BCUT2D eigenvalue weighted by Gasteiger charge is 2.18. The second kappa shape index (κ2) is 8.41. The van der Waals surface area contributed by atoms with Crippen molar-refractivity contribution in [1.29, 1.82) is 0 Å². The summed E-state index contributed by atoms with van der Waals surface area (Å²) >= 11 is 0. The van der Waals surface area contributed by atoms with E-state index in [-0.39, 0.29) is 18.7 Å². The summed E-state index contributed by atoms with van der Waals surface area (Å²) in [6.07, 6.45) is 2.36. The van der Waals surface area contributed by atoms with E-state index in [1.54, 1.807) is 0 Å². The molecule has 1 aromatic rings. The summed E-state index contributed by atoms with van der Waals surface area (Å²) in [4.78, 5) is 24.9. The number of aryl methyl sites for hydroxylation is 2. The standard InChI is InChI=1S/C17H25N3O3/c1-13-6-7-15(11-14(13)2)23-12-19-17(22)18-8-4-10-20-9-3-5-16(20)21/h6-7,11H,3-5,8-10,12H2,1-2H3,(H2,18,19,22). The van der Waals surface area contributed by atoms with E-state index < -0.39 is 0 Å². The molecule has 1 heterocycles. The van der Waals surface area contributed by atoms with Crippen LogP contribution in [0.5, 0.6) is 5.75 Å². The molecule has 0 atom stereocenters. The number of carbonyl (C=O) groups excluding carboxylic acids is 2. The highest BCUT2D eigenvalue weighted by Crippen LogP contribution is 2.15. The summed E-state index contributed by atoms with van der Waals surface area (Å²) in [5, 5.41) is 5.41. The van der Waals surface area contributed by atoms with Gasteiger partial charge in [0, 0.05) is 26.1 Å². The summed E-state index contributed by atoms with van der Waals surface area (Å²) in [5.74, 6) is 0.956. The Labute approximate surface area is 137 Å². The van der Waals surface area contributed by atoms with E-state index in [1.165, 1.54) is 5.56 Å². The van der Waals surface area contributed by atoms with Crippen molar-refractivity contribution in [3.8, 4) is 5.75 Å². The Hall–Kier alpha value is -2.24. The number of hydrogen-bond donors (Lipinski definition) is 2. The van der Waals surface area contributed by atoms with Crippen molar-refractivity contribution in [1.82, 2.24) is 15.5 Å². The predicted octanol–water partition coefficient (Wildman–Crippen LogP) is 1.95. The van der Waals surface area contributed by atoms with E-state index in [0.29, 0.717) is 19.5 Å². The van der Waals surface area contributed by atoms with Crippen molar-refractivity contribution < 1.29 is 14.3 Å². The lowest BCUT2D eigenvalue weighted by molar-refractivity contribution is -0.127. The molecule has 0 unspecified atom stereocenters. The fourth-order valence-corrected chi connectivity index (χ4v) is 2.46. The maximum atomic E-state index is 11.6. The van der Waals surface area contributed by atoms with Crippen molar-refractivity contribution in [3.05, 3.63) is 29.3 Å². The smallest absolute Gasteiger partial charge is 0.317 e. The average Bonchev–Trinajstić information content (AvgIpc) is 2.93. The van der Waals surface area contributed by atoms with E-state index in [4.69, 9.17) is 4.74 Å². The van der Waals surface area contributed by atoms with Gasteiger partial charge in [-0.15, -0.1) is 0 Å². The number of hydrogen-bond acceptors (Lipinski definition) is 3. The minimum absolute atomic E-state index is 0.124. The second-order valence-electron chi connectivity index (χ2n) is 5.81. The molecule has 1 aliphatic rings. The van der Waals surface area contributed by atoms with Crippen LogP contribution >= 0.6 is 0 Å². The molecule has 1 saturated heterocycles. The lowest BCUT2D eigenvalue weighted by Crippen LogP contribution is -2.39. The first-order valence-corrected chi connectivity index (χ1v) is 8.06. The minimum atomic E-state index is -0.262. The molecule has 126 valence electrons. The molecule has 6 nitrogen and oxygen atoms in total. The number of rotatable bonds is 7. The second-order valence-corrected chi connectivity index (χ2v) is 5.81. The Kier molecular flexibility index (Phi) is 6.26. The molecule has 2 N–H and O–H groups in total. The van der Waals surface area contributed by atoms with Gasteiger partial charge in [0.1, 0.15) is 5.75 Å². The third-order valence-electron chi connectivity index (χ3n) is 4.01. The first kappa shape index (κ1) is 17.1. The molecule has 6 heteroatoms. The van der Waals surface area contributed by atoms with Gasteiger partial charge in [0.25, 0.3) is 0 Å². The molecule has 0 aliphatic carbocycles. The maximum Gasteiger partial charge on any atom is 0.317 e. The van der Waals surface area contributed by atoms with Crippen LogP contribution in [0.15, 0.2) is 18.2 Å². The number of ether oxygens (including phenoxy) is 1. The largest absolute Gasteiger partial charge is 0.473 e. The normalized spacial score (nSPS) is 14.0. The zero-order chi connectivity index (χ0) is 16.7. The molecule has 0 radical (unpaired) electrons. The molecule has 3 amide bonds. The number of urea groups is 1. The lowest BCUT2D eigenvalue weighted by atomic mass is 10.1. The third kappa shape index (κ3) is 5.47. The van der Waals surface area contributed by atoms with Gasteiger partial charge in [-0.25, -0.2) is 4.79 Å². The summed E-state index contributed by atoms with van der Waals surface area (Å²) in [7, 11) is 0. The van der Waals surface area contributed by atoms with Crippen LogP contribution < -0.4 is 15.4 Å². The third-order valence-corrected chi connectivity index (χ3v) is 4.01. The van der Waals surface area contributed by atoms with Crippen LogP contribution in [0.1, 0.15) is 30.4 Å². The van der Waals surface area contributed by atoms with Crippen LogP contribution in [-0.2, 0) is 4.79 Å². The maximum absolute atomic E-state index is 11.6. The molecule has 0 bridgehead atoms. The van der Waals surface area contributed by atoms with E-state index in [2.05, 4.69) is 10.6 Å². The van der Waals surface area contributed by atoms with Gasteiger partial charge in [0.05, 0.1) is 0 Å². The van der Waals surface area contributed by atoms with Crippen LogP contribution in [0.4, 0.5) is 4.79 Å². The molecule has 1 fully saturated rings. The molecular formula is C17H25N3O3. The quantitative estimate of drug-likeness (QED) is 0.596. The number of nitrogens with zero attached hydrogens (tertiary/aromatic N) is 1. The Bertz CT molecular complexity index is 560. The monoisotopic (exact) mass is 319 g/mol. The van der Waals surface area contributed by atoms with Gasteiger partial charge in [-0.2, -0.15) is 0 Å². The molecule has 0 saturated carbocycles. The van der Waals surface area contributed by atoms with Crippen LogP contribution in [0.25, 0.3) is 0 Å². The molecular weight excluding hydrogens is 294 g/mol. The topological polar surface area (TPSA) is 70.7 Å². The molecule has 2 rings (SSSR count). The zero-order valence-corrected chi connectivity index (χ0v) is 13.9. The van der Waals surface area contributed by atoms with E-state index >= 15 is 0 Å². The van der Waals surface area contributed by atoms with Crippen molar-refractivity contribution in [2.24, 2.45) is 0 Å². The summed E-state index contributed by atoms with van der Waals surface area (Å²) in [6, 6.07) is 5.56. The van der Waals surface area contributed by atoms with Crippen LogP contribution in [-0.4, -0.2) is 43.2 Å². The van der Waals surface area contributed by atoms with Crippen LogP contribution in [0, 0.1) is 13.8 Å². The van der Waals surface area contributed by atoms with Crippen LogP contribution in [0.2, 0.25) is 0 Å². The highest BCUT2D eigenvalue weighted by atomic mass is 16.5. The molecule has 1 aliphatic heterocycles. The van der Waals surface area contributed by atoms with Crippen LogP contribution in [0.3, 0.4) is 0 Å². The summed E-state index contributed by atoms with van der Waals surface area (Å²) in [6.45, 7) is 6.28. The predicted molar refractivity (Wildman–Crippen MR) is 88.4 cm³/mol. The van der Waals surface area contributed by atoms with Crippen molar-refractivity contribution in [3.63, 3.8) is 0 Å². The Balaban J connectivity index is 1.56. The lowest BCUT2D eigenvalue weighted by Gasteiger charge is -2.15. The minimum Gasteiger partial charge on any atom is -0.473 e. The Morgan fingerprint density at radius 2 is 2.09 bits per heavy atom. The first-order chi connectivity index (χ1) is 11.1. The summed E-state index contributed by atoms with van der Waals surface area (Å²) in [5.41, 5.74) is 2.36. The Morgan fingerprint density at radius 3 is 2.78 bits per heavy atom. The number of amides is 3.